The third kappa shape index (κ3) is 4.75. The van der Waals surface area contributed by atoms with Crippen molar-refractivity contribution in [3.8, 4) is 11.4 Å². The van der Waals surface area contributed by atoms with E-state index in [1.807, 2.05) is 0 Å². The molecule has 2 aromatic heterocycles. The van der Waals surface area contributed by atoms with Gasteiger partial charge in [-0.3, -0.25) is 0 Å². The molecule has 6 heteroatoms. The molecule has 0 unspecified atom stereocenters. The van der Waals surface area contributed by atoms with Gasteiger partial charge >= 0.3 is 0 Å². The number of para-hydroxylation sites is 4. The molecule has 0 spiro atoms. The third-order valence-electron chi connectivity index (χ3n) is 11.9. The largest absolute Gasteiger partial charge is 0.372 e. The summed E-state index contributed by atoms with van der Waals surface area (Å²) in [6.45, 7) is 6.45. The average molecular weight is 722 g/mol. The Hall–Kier alpha value is -6.92. The smallest absolute Gasteiger partial charge is 0.252 e. The first kappa shape index (κ1) is 32.5. The molecule has 0 aliphatic carbocycles. The highest BCUT2D eigenvalue weighted by Gasteiger charge is 2.40. The number of rotatable bonds is 9. The zero-order chi connectivity index (χ0) is 37.3. The normalized spacial score (nSPS) is 12.2. The summed E-state index contributed by atoms with van der Waals surface area (Å²) >= 11 is 0. The van der Waals surface area contributed by atoms with Crippen LogP contribution in [0.4, 0.5) is 39.8 Å². The van der Waals surface area contributed by atoms with E-state index in [0.717, 1.165) is 35.8 Å². The first-order chi connectivity index (χ1) is 27.7. The highest BCUT2D eigenvalue weighted by atomic mass is 15.2. The van der Waals surface area contributed by atoms with Crippen LogP contribution in [0.5, 0.6) is 0 Å². The molecule has 0 radical (unpaired) electrons. The van der Waals surface area contributed by atoms with Crippen molar-refractivity contribution in [3.05, 3.63) is 182 Å². The second-order valence-electron chi connectivity index (χ2n) is 14.8. The lowest BCUT2D eigenvalue weighted by atomic mass is 9.34. The summed E-state index contributed by atoms with van der Waals surface area (Å²) in [7, 11) is 0. The van der Waals surface area contributed by atoms with E-state index < -0.39 is 0 Å². The van der Waals surface area contributed by atoms with Crippen molar-refractivity contribution in [3.63, 3.8) is 0 Å². The van der Waals surface area contributed by atoms with E-state index in [2.05, 4.69) is 220 Å². The molecule has 11 rings (SSSR count). The molecule has 2 aliphatic rings. The Morgan fingerprint density at radius 3 is 1.16 bits per heavy atom. The van der Waals surface area contributed by atoms with Gasteiger partial charge in [0.05, 0.1) is 22.4 Å². The van der Waals surface area contributed by atoms with E-state index in [1.54, 1.807) is 0 Å². The van der Waals surface area contributed by atoms with Gasteiger partial charge < -0.3 is 23.8 Å². The summed E-state index contributed by atoms with van der Waals surface area (Å²) in [6.07, 6.45) is 4.59. The van der Waals surface area contributed by atoms with Crippen LogP contribution >= 0.6 is 0 Å². The number of aromatic nitrogens is 2. The molecule has 7 aromatic carbocycles. The molecular formula is C50H40BN5. The Balaban J connectivity index is 1.19. The van der Waals surface area contributed by atoms with Gasteiger partial charge in [0.1, 0.15) is 0 Å². The average Bonchev–Trinajstić information content (AvgIpc) is 3.92. The van der Waals surface area contributed by atoms with Gasteiger partial charge in [0.2, 0.25) is 0 Å². The summed E-state index contributed by atoms with van der Waals surface area (Å²) in [5, 5.41) is 2.48. The summed E-state index contributed by atoms with van der Waals surface area (Å²) in [5.41, 5.74) is 17.2. The first-order valence-electron chi connectivity index (χ1n) is 19.8. The number of nitrogens with zero attached hydrogens (tertiary/aromatic N) is 5. The van der Waals surface area contributed by atoms with Crippen LogP contribution in [0.25, 0.3) is 33.2 Å². The minimum Gasteiger partial charge on any atom is -0.372 e. The Morgan fingerprint density at radius 1 is 0.429 bits per heavy atom. The van der Waals surface area contributed by atoms with Crippen LogP contribution in [0, 0.1) is 0 Å². The summed E-state index contributed by atoms with van der Waals surface area (Å²) in [6, 6.07) is 62.0. The molecule has 5 nitrogen and oxygen atoms in total. The molecule has 0 amide bonds. The summed E-state index contributed by atoms with van der Waals surface area (Å²) in [4.78, 5) is 7.28. The molecule has 2 aliphatic heterocycles. The number of hydrogen-bond donors (Lipinski definition) is 0. The van der Waals surface area contributed by atoms with Crippen molar-refractivity contribution in [1.29, 1.82) is 0 Å². The van der Waals surface area contributed by atoms with Crippen LogP contribution in [0.3, 0.4) is 0 Å². The molecule has 0 saturated carbocycles. The molecular weight excluding hydrogens is 681 g/mol. The van der Waals surface area contributed by atoms with Gasteiger partial charge in [0.25, 0.3) is 6.71 Å². The second kappa shape index (κ2) is 12.8. The number of fused-ring (bicyclic) bond motifs is 4. The van der Waals surface area contributed by atoms with E-state index in [1.165, 1.54) is 66.6 Å². The van der Waals surface area contributed by atoms with Gasteiger partial charge in [-0.2, -0.15) is 0 Å². The summed E-state index contributed by atoms with van der Waals surface area (Å²) < 4.78 is 4.94. The molecule has 0 N–H and O–H groups in total. The predicted octanol–water partition coefficient (Wildman–Crippen LogP) is 10.5. The number of anilines is 7. The molecule has 0 fully saturated rings. The maximum atomic E-state index is 2.48. The predicted molar refractivity (Wildman–Crippen MR) is 238 cm³/mol. The molecule has 0 atom stereocenters. The molecule has 4 heterocycles. The molecule has 0 saturated heterocycles. The lowest BCUT2D eigenvalue weighted by Gasteiger charge is -2.36. The van der Waals surface area contributed by atoms with Crippen molar-refractivity contribution < 1.29 is 0 Å². The van der Waals surface area contributed by atoms with Crippen LogP contribution < -0.4 is 31.1 Å². The monoisotopic (exact) mass is 721 g/mol. The quantitative estimate of drug-likeness (QED) is 0.138. The molecule has 9 aromatic rings. The van der Waals surface area contributed by atoms with E-state index in [0.29, 0.717) is 0 Å². The second-order valence-corrected chi connectivity index (χ2v) is 14.8. The standard InChI is InChI=1S/C50H40BN5/c1-3-52(4-2)39-33-46-48-47(34-39)54-32-30-41-45(56(37-21-13-7-14-22-37)38-23-15-8-16-24-38)28-26-43(50(41)54)51(48)42-25-27-44(40-29-31-53(46)49(40)42)55(35-17-9-5-10-18-35)36-19-11-6-12-20-36/h5-34H,3-4H2,1-2H3. The Kier molecular flexibility index (Phi) is 7.46. The van der Waals surface area contributed by atoms with E-state index in [9.17, 15) is 0 Å². The van der Waals surface area contributed by atoms with Crippen LogP contribution in [0.2, 0.25) is 0 Å². The maximum absolute atomic E-state index is 2.48. The van der Waals surface area contributed by atoms with Gasteiger partial charge in [0.15, 0.2) is 0 Å². The fraction of sp³-hybridized carbons (Fsp3) is 0.0800. The van der Waals surface area contributed by atoms with E-state index in [-0.39, 0.29) is 6.71 Å². The van der Waals surface area contributed by atoms with Crippen LogP contribution in [-0.2, 0) is 0 Å². The Bertz CT molecular complexity index is 2630. The third-order valence-corrected chi connectivity index (χ3v) is 11.9. The van der Waals surface area contributed by atoms with Crippen molar-refractivity contribution >= 4 is 84.7 Å². The zero-order valence-electron chi connectivity index (χ0n) is 31.5. The van der Waals surface area contributed by atoms with Crippen molar-refractivity contribution in [2.75, 3.05) is 27.8 Å². The van der Waals surface area contributed by atoms with E-state index in [4.69, 9.17) is 0 Å². The lowest BCUT2D eigenvalue weighted by molar-refractivity contribution is 0.864. The van der Waals surface area contributed by atoms with Gasteiger partial charge in [0, 0.05) is 76.1 Å². The minimum absolute atomic E-state index is 0.0625. The zero-order valence-corrected chi connectivity index (χ0v) is 31.5. The van der Waals surface area contributed by atoms with Gasteiger partial charge in [-0.15, -0.1) is 0 Å². The highest BCUT2D eigenvalue weighted by Crippen LogP contribution is 2.43. The van der Waals surface area contributed by atoms with Crippen LogP contribution in [-0.4, -0.2) is 28.9 Å². The summed E-state index contributed by atoms with van der Waals surface area (Å²) in [5.74, 6) is 0. The SMILES string of the molecule is CCN(CC)c1cc2c3c(c1)-n1ccc4c(N(c5ccccc5)c5ccccc5)ccc(c41)B3c1ccc(N(c3ccccc3)c3ccccc3)c3ccn-2c13. The Morgan fingerprint density at radius 2 is 0.804 bits per heavy atom. The van der Waals surface area contributed by atoms with Gasteiger partial charge in [-0.1, -0.05) is 84.9 Å². The van der Waals surface area contributed by atoms with Crippen molar-refractivity contribution in [2.45, 2.75) is 13.8 Å². The van der Waals surface area contributed by atoms with Crippen LogP contribution in [0.1, 0.15) is 13.8 Å². The van der Waals surface area contributed by atoms with E-state index >= 15 is 0 Å². The van der Waals surface area contributed by atoms with Crippen molar-refractivity contribution in [2.24, 2.45) is 0 Å². The topological polar surface area (TPSA) is 19.6 Å². The van der Waals surface area contributed by atoms with Gasteiger partial charge in [-0.05, 0) is 115 Å². The fourth-order valence-corrected chi connectivity index (χ4v) is 9.51. The lowest BCUT2D eigenvalue weighted by Crippen LogP contribution is -2.59. The maximum Gasteiger partial charge on any atom is 0.252 e. The van der Waals surface area contributed by atoms with Crippen molar-refractivity contribution in [1.82, 2.24) is 9.13 Å². The highest BCUT2D eigenvalue weighted by molar-refractivity contribution is 7.00. The first-order valence-corrected chi connectivity index (χ1v) is 19.8. The number of benzene rings is 7. The number of hydrogen-bond acceptors (Lipinski definition) is 3. The van der Waals surface area contributed by atoms with Gasteiger partial charge in [-0.25, -0.2) is 0 Å². The van der Waals surface area contributed by atoms with Crippen LogP contribution in [0.15, 0.2) is 182 Å². The molecule has 0 bridgehead atoms. The molecule has 56 heavy (non-hydrogen) atoms. The molecule has 268 valence electrons. The fourth-order valence-electron chi connectivity index (χ4n) is 9.51. The Labute approximate surface area is 328 Å². The minimum atomic E-state index is 0.0625.